The van der Waals surface area contributed by atoms with Crippen molar-refractivity contribution in [2.75, 3.05) is 13.2 Å². The second kappa shape index (κ2) is 7.55. The summed E-state index contributed by atoms with van der Waals surface area (Å²) in [6, 6.07) is 11.3. The van der Waals surface area contributed by atoms with Crippen LogP contribution in [0, 0.1) is 0 Å². The quantitative estimate of drug-likeness (QED) is 0.799. The zero-order valence-corrected chi connectivity index (χ0v) is 11.4. The molecule has 1 aromatic rings. The number of aryl methyl sites for hydroxylation is 1. The molecule has 1 aliphatic heterocycles. The van der Waals surface area contributed by atoms with E-state index in [9.17, 15) is 0 Å². The van der Waals surface area contributed by atoms with Gasteiger partial charge in [-0.05, 0) is 44.2 Å². The van der Waals surface area contributed by atoms with Gasteiger partial charge in [-0.15, -0.1) is 0 Å². The van der Waals surface area contributed by atoms with Crippen molar-refractivity contribution in [3.8, 4) is 0 Å². The van der Waals surface area contributed by atoms with Crippen LogP contribution in [0.25, 0.3) is 0 Å². The third-order valence-corrected chi connectivity index (χ3v) is 3.66. The molecule has 1 aliphatic rings. The van der Waals surface area contributed by atoms with Crippen molar-refractivity contribution in [1.82, 2.24) is 5.32 Å². The van der Waals surface area contributed by atoms with Gasteiger partial charge in [-0.2, -0.15) is 0 Å². The third-order valence-electron chi connectivity index (χ3n) is 3.66. The molecular weight excluding hydrogens is 222 g/mol. The highest BCUT2D eigenvalue weighted by molar-refractivity contribution is 5.14. The van der Waals surface area contributed by atoms with Crippen molar-refractivity contribution in [2.45, 2.75) is 51.2 Å². The Hall–Kier alpha value is -0.860. The summed E-state index contributed by atoms with van der Waals surface area (Å²) in [4.78, 5) is 0. The lowest BCUT2D eigenvalue weighted by molar-refractivity contribution is 0.0757. The Bertz CT molecular complexity index is 319. The highest BCUT2D eigenvalue weighted by Crippen LogP contribution is 2.19. The smallest absolute Gasteiger partial charge is 0.0728 e. The molecule has 2 unspecified atom stereocenters. The first kappa shape index (κ1) is 13.6. The predicted molar refractivity (Wildman–Crippen MR) is 75.8 cm³/mol. The fraction of sp³-hybridized carbons (Fsp3) is 0.625. The molecule has 0 bridgehead atoms. The number of hydrogen-bond acceptors (Lipinski definition) is 2. The summed E-state index contributed by atoms with van der Waals surface area (Å²) >= 11 is 0. The zero-order valence-electron chi connectivity index (χ0n) is 11.4. The van der Waals surface area contributed by atoms with E-state index in [1.165, 1.54) is 31.2 Å². The number of ether oxygens (including phenoxy) is 1. The van der Waals surface area contributed by atoms with Crippen molar-refractivity contribution in [2.24, 2.45) is 0 Å². The highest BCUT2D eigenvalue weighted by atomic mass is 16.5. The van der Waals surface area contributed by atoms with Crippen molar-refractivity contribution in [3.63, 3.8) is 0 Å². The maximum Gasteiger partial charge on any atom is 0.0728 e. The molecule has 0 radical (unpaired) electrons. The van der Waals surface area contributed by atoms with Crippen molar-refractivity contribution in [3.05, 3.63) is 35.9 Å². The number of nitrogens with one attached hydrogen (secondary N) is 1. The van der Waals surface area contributed by atoms with E-state index in [-0.39, 0.29) is 0 Å². The van der Waals surface area contributed by atoms with Gasteiger partial charge in [-0.1, -0.05) is 37.3 Å². The molecule has 2 nitrogen and oxygen atoms in total. The van der Waals surface area contributed by atoms with Gasteiger partial charge in [-0.25, -0.2) is 0 Å². The molecule has 2 heteroatoms. The van der Waals surface area contributed by atoms with Gasteiger partial charge < -0.3 is 10.1 Å². The summed E-state index contributed by atoms with van der Waals surface area (Å²) in [5.41, 5.74) is 1.43. The van der Waals surface area contributed by atoms with Gasteiger partial charge in [-0.3, -0.25) is 0 Å². The Morgan fingerprint density at radius 1 is 1.33 bits per heavy atom. The Morgan fingerprint density at radius 2 is 2.17 bits per heavy atom. The second-order valence-corrected chi connectivity index (χ2v) is 5.14. The molecule has 0 aliphatic carbocycles. The summed E-state index contributed by atoms with van der Waals surface area (Å²) < 4.78 is 5.84. The first-order valence-corrected chi connectivity index (χ1v) is 7.29. The summed E-state index contributed by atoms with van der Waals surface area (Å²) in [5.74, 6) is 0. The minimum atomic E-state index is 0.431. The lowest BCUT2D eigenvalue weighted by Gasteiger charge is -2.24. The first-order chi connectivity index (χ1) is 8.90. The lowest BCUT2D eigenvalue weighted by atomic mass is 9.99. The molecule has 2 atom stereocenters. The normalized spacial score (nSPS) is 21.1. The molecule has 100 valence electrons. The fourth-order valence-corrected chi connectivity index (χ4v) is 2.64. The van der Waals surface area contributed by atoms with Crippen molar-refractivity contribution < 1.29 is 4.74 Å². The molecule has 1 fully saturated rings. The van der Waals surface area contributed by atoms with Crippen LogP contribution < -0.4 is 5.32 Å². The Morgan fingerprint density at radius 3 is 2.83 bits per heavy atom. The van der Waals surface area contributed by atoms with Crippen LogP contribution in [0.3, 0.4) is 0 Å². The topological polar surface area (TPSA) is 21.3 Å². The molecule has 18 heavy (non-hydrogen) atoms. The minimum absolute atomic E-state index is 0.431. The molecule has 1 heterocycles. The summed E-state index contributed by atoms with van der Waals surface area (Å²) in [5, 5.41) is 3.66. The van der Waals surface area contributed by atoms with Crippen LogP contribution in [0.1, 0.15) is 38.2 Å². The van der Waals surface area contributed by atoms with Gasteiger partial charge >= 0.3 is 0 Å². The highest BCUT2D eigenvalue weighted by Gasteiger charge is 2.24. The monoisotopic (exact) mass is 247 g/mol. The molecular formula is C16H25NO. The second-order valence-electron chi connectivity index (χ2n) is 5.14. The molecule has 2 rings (SSSR count). The van der Waals surface area contributed by atoms with Crippen LogP contribution in [0.2, 0.25) is 0 Å². The average molecular weight is 247 g/mol. The number of benzene rings is 1. The molecule has 1 N–H and O–H groups in total. The van der Waals surface area contributed by atoms with Crippen molar-refractivity contribution >= 4 is 0 Å². The summed E-state index contributed by atoms with van der Waals surface area (Å²) in [7, 11) is 0. The Balaban J connectivity index is 1.84. The first-order valence-electron chi connectivity index (χ1n) is 7.29. The van der Waals surface area contributed by atoms with E-state index in [0.29, 0.717) is 12.1 Å². The Kier molecular flexibility index (Phi) is 5.69. The number of hydrogen-bond donors (Lipinski definition) is 1. The summed E-state index contributed by atoms with van der Waals surface area (Å²) in [6.45, 7) is 4.26. The van der Waals surface area contributed by atoms with E-state index in [4.69, 9.17) is 4.74 Å². The van der Waals surface area contributed by atoms with Crippen LogP contribution >= 0.6 is 0 Å². The van der Waals surface area contributed by atoms with E-state index < -0.39 is 0 Å². The fourth-order valence-electron chi connectivity index (χ4n) is 2.64. The van der Waals surface area contributed by atoms with E-state index in [0.717, 1.165) is 19.6 Å². The molecule has 0 aromatic heterocycles. The van der Waals surface area contributed by atoms with E-state index in [2.05, 4.69) is 42.6 Å². The third kappa shape index (κ3) is 4.11. The van der Waals surface area contributed by atoms with Gasteiger partial charge in [0.15, 0.2) is 0 Å². The van der Waals surface area contributed by atoms with Crippen LogP contribution in [0.15, 0.2) is 30.3 Å². The van der Waals surface area contributed by atoms with E-state index in [1.54, 1.807) is 0 Å². The molecule has 0 saturated carbocycles. The van der Waals surface area contributed by atoms with Crippen LogP contribution in [0.5, 0.6) is 0 Å². The predicted octanol–water partition coefficient (Wildman–Crippen LogP) is 3.17. The van der Waals surface area contributed by atoms with Gasteiger partial charge in [0.25, 0.3) is 0 Å². The van der Waals surface area contributed by atoms with Gasteiger partial charge in [0.1, 0.15) is 0 Å². The van der Waals surface area contributed by atoms with Gasteiger partial charge in [0.2, 0.25) is 0 Å². The standard InChI is InChI=1S/C16H25NO/c1-2-12-17-15(16-9-6-13-18-16)11-10-14-7-4-3-5-8-14/h3-5,7-8,15-17H,2,6,9-13H2,1H3. The minimum Gasteiger partial charge on any atom is -0.377 e. The van der Waals surface area contributed by atoms with E-state index >= 15 is 0 Å². The maximum absolute atomic E-state index is 5.84. The SMILES string of the molecule is CCCNC(CCc1ccccc1)C1CCCO1. The van der Waals surface area contributed by atoms with E-state index in [1.807, 2.05) is 0 Å². The molecule has 0 amide bonds. The molecule has 1 saturated heterocycles. The summed E-state index contributed by atoms with van der Waals surface area (Å²) in [6.07, 6.45) is 6.38. The zero-order chi connectivity index (χ0) is 12.6. The largest absolute Gasteiger partial charge is 0.377 e. The van der Waals surface area contributed by atoms with Crippen molar-refractivity contribution in [1.29, 1.82) is 0 Å². The average Bonchev–Trinajstić information content (AvgIpc) is 2.94. The van der Waals surface area contributed by atoms with Crippen LogP contribution in [-0.4, -0.2) is 25.3 Å². The molecule has 1 aromatic carbocycles. The van der Waals surface area contributed by atoms with Gasteiger partial charge in [0.05, 0.1) is 6.10 Å². The lowest BCUT2D eigenvalue weighted by Crippen LogP contribution is -2.40. The maximum atomic E-state index is 5.84. The molecule has 0 spiro atoms. The van der Waals surface area contributed by atoms with Crippen LogP contribution in [-0.2, 0) is 11.2 Å². The van der Waals surface area contributed by atoms with Gasteiger partial charge in [0, 0.05) is 12.6 Å². The number of rotatable bonds is 7. The Labute approximate surface area is 111 Å². The van der Waals surface area contributed by atoms with Crippen LogP contribution in [0.4, 0.5) is 0 Å².